The number of morpholine rings is 1. The number of methoxy groups -OCH3 is 2. The fraction of sp³-hybridized carbons (Fsp3) is 0.774. The highest BCUT2D eigenvalue weighted by Crippen LogP contribution is 2.62. The van der Waals surface area contributed by atoms with Crippen LogP contribution in [0.5, 0.6) is 11.5 Å². The van der Waals surface area contributed by atoms with Gasteiger partial charge < -0.3 is 23.7 Å². The first-order valence-electron chi connectivity index (χ1n) is 15.0. The molecular formula is C31H46N2O6. The number of carbonyl (C=O) groups excluding carboxylic acids is 1. The van der Waals surface area contributed by atoms with E-state index in [4.69, 9.17) is 23.7 Å². The van der Waals surface area contributed by atoms with Gasteiger partial charge in [-0.15, -0.1) is 0 Å². The number of fused-ring (bicyclic) bond motifs is 3. The van der Waals surface area contributed by atoms with Crippen LogP contribution < -0.4 is 9.47 Å². The summed E-state index contributed by atoms with van der Waals surface area (Å²) in [6.45, 7) is 10.4. The number of carbonyl (C=O) groups is 1. The maximum absolute atomic E-state index is 13.4. The monoisotopic (exact) mass is 542 g/mol. The molecule has 1 spiro atoms. The van der Waals surface area contributed by atoms with Gasteiger partial charge in [-0.2, -0.15) is 0 Å². The highest BCUT2D eigenvalue weighted by molar-refractivity contribution is 5.75. The number of rotatable bonds is 10. The Kier molecular flexibility index (Phi) is 7.83. The van der Waals surface area contributed by atoms with Gasteiger partial charge in [0.15, 0.2) is 11.5 Å². The van der Waals surface area contributed by atoms with Crippen molar-refractivity contribution in [3.63, 3.8) is 0 Å². The first-order chi connectivity index (χ1) is 18.9. The Balaban J connectivity index is 1.17. The van der Waals surface area contributed by atoms with Gasteiger partial charge in [0.25, 0.3) is 0 Å². The molecule has 3 saturated heterocycles. The maximum atomic E-state index is 13.4. The van der Waals surface area contributed by atoms with E-state index in [9.17, 15) is 4.79 Å². The fourth-order valence-electron chi connectivity index (χ4n) is 8.26. The zero-order valence-electron chi connectivity index (χ0n) is 24.0. The smallest absolute Gasteiger partial charge is 0.310 e. The second kappa shape index (κ2) is 11.2. The zero-order chi connectivity index (χ0) is 27.0. The van der Waals surface area contributed by atoms with Crippen LogP contribution in [0.15, 0.2) is 18.2 Å². The lowest BCUT2D eigenvalue weighted by molar-refractivity contribution is -0.147. The molecule has 0 unspecified atom stereocenters. The Labute approximate surface area is 233 Å². The van der Waals surface area contributed by atoms with Gasteiger partial charge >= 0.3 is 5.97 Å². The topological polar surface area (TPSA) is 73.0 Å². The van der Waals surface area contributed by atoms with Gasteiger partial charge in [-0.3, -0.25) is 14.6 Å². The fourth-order valence-corrected chi connectivity index (χ4v) is 8.26. The van der Waals surface area contributed by atoms with Crippen molar-refractivity contribution in [1.29, 1.82) is 0 Å². The summed E-state index contributed by atoms with van der Waals surface area (Å²) in [4.78, 5) is 18.3. The van der Waals surface area contributed by atoms with E-state index in [0.29, 0.717) is 5.92 Å². The molecule has 6 rings (SSSR count). The van der Waals surface area contributed by atoms with Crippen molar-refractivity contribution in [2.24, 2.45) is 23.2 Å². The summed E-state index contributed by atoms with van der Waals surface area (Å²) in [6, 6.07) is 6.14. The van der Waals surface area contributed by atoms with Crippen LogP contribution in [0.1, 0.15) is 51.0 Å². The molecule has 216 valence electrons. The molecule has 0 bridgehead atoms. The van der Waals surface area contributed by atoms with E-state index in [2.05, 4.69) is 28.9 Å². The minimum Gasteiger partial charge on any atom is -0.493 e. The molecule has 6 atom stereocenters. The Bertz CT molecular complexity index is 1020. The van der Waals surface area contributed by atoms with E-state index >= 15 is 0 Å². The van der Waals surface area contributed by atoms with Crippen LogP contribution in [-0.4, -0.2) is 94.2 Å². The molecule has 0 N–H and O–H groups in total. The molecule has 8 nitrogen and oxygen atoms in total. The van der Waals surface area contributed by atoms with Crippen LogP contribution in [-0.2, 0) is 25.5 Å². The second-order valence-electron chi connectivity index (χ2n) is 12.8. The Morgan fingerprint density at radius 3 is 2.67 bits per heavy atom. The standard InChI is InChI=1S/C31H46N2O6/c1-30-8-4-9-31(21-38-31)28(30)17-23-24(29(34)39-27(23)18-30)20-33(11-5-10-32-12-14-37-15-13-32)19-22-6-7-25(35-2)26(16-22)36-3/h6-7,16,23-24,27-28H,4-5,8-15,17-21H2,1-3H3/t23-,24-,27-,28-,30-,31-/m1/s1. The molecule has 5 fully saturated rings. The van der Waals surface area contributed by atoms with E-state index in [1.165, 1.54) is 19.3 Å². The normalized spacial score (nSPS) is 35.9. The van der Waals surface area contributed by atoms with E-state index < -0.39 is 0 Å². The summed E-state index contributed by atoms with van der Waals surface area (Å²) in [7, 11) is 3.34. The summed E-state index contributed by atoms with van der Waals surface area (Å²) >= 11 is 0. The molecule has 0 radical (unpaired) electrons. The first kappa shape index (κ1) is 27.3. The summed E-state index contributed by atoms with van der Waals surface area (Å²) < 4.78 is 28.8. The van der Waals surface area contributed by atoms with Crippen molar-refractivity contribution < 1.29 is 28.5 Å². The van der Waals surface area contributed by atoms with Crippen LogP contribution in [0.2, 0.25) is 0 Å². The quantitative estimate of drug-likeness (QED) is 0.327. The molecule has 0 aromatic heterocycles. The van der Waals surface area contributed by atoms with Crippen LogP contribution in [0.3, 0.4) is 0 Å². The van der Waals surface area contributed by atoms with Crippen LogP contribution in [0, 0.1) is 23.2 Å². The average Bonchev–Trinajstić information content (AvgIpc) is 3.64. The molecule has 1 aromatic rings. The SMILES string of the molecule is COc1ccc(CN(CCCN2CCOCC2)C[C@H]2C(=O)O[C@@H]3C[C@@]4(C)CCC[C@@]5(CO5)[C@@H]4C[C@@H]32)cc1OC. The van der Waals surface area contributed by atoms with Gasteiger partial charge in [0.1, 0.15) is 6.10 Å². The second-order valence-corrected chi connectivity index (χ2v) is 12.8. The summed E-state index contributed by atoms with van der Waals surface area (Å²) in [5, 5.41) is 0. The number of nitrogens with zero attached hydrogens (tertiary/aromatic N) is 2. The molecule has 2 saturated carbocycles. The lowest BCUT2D eigenvalue weighted by atomic mass is 9.53. The number of hydrogen-bond acceptors (Lipinski definition) is 8. The lowest BCUT2D eigenvalue weighted by Gasteiger charge is -2.51. The van der Waals surface area contributed by atoms with Crippen molar-refractivity contribution >= 4 is 5.97 Å². The van der Waals surface area contributed by atoms with Crippen LogP contribution >= 0.6 is 0 Å². The van der Waals surface area contributed by atoms with E-state index in [0.717, 1.165) is 95.4 Å². The first-order valence-corrected chi connectivity index (χ1v) is 15.0. The maximum Gasteiger partial charge on any atom is 0.310 e. The highest BCUT2D eigenvalue weighted by atomic mass is 16.6. The Hall–Kier alpha value is -1.87. The van der Waals surface area contributed by atoms with Crippen molar-refractivity contribution in [3.8, 4) is 11.5 Å². The van der Waals surface area contributed by atoms with E-state index in [1.54, 1.807) is 14.2 Å². The predicted molar refractivity (Wildman–Crippen MR) is 147 cm³/mol. The highest BCUT2D eigenvalue weighted by Gasteiger charge is 2.65. The van der Waals surface area contributed by atoms with Gasteiger partial charge in [0, 0.05) is 32.1 Å². The summed E-state index contributed by atoms with van der Waals surface area (Å²) in [6.07, 6.45) is 6.77. The van der Waals surface area contributed by atoms with Gasteiger partial charge in [-0.25, -0.2) is 0 Å². The number of hydrogen-bond donors (Lipinski definition) is 0. The van der Waals surface area contributed by atoms with Gasteiger partial charge in [0.2, 0.25) is 0 Å². The molecule has 39 heavy (non-hydrogen) atoms. The van der Waals surface area contributed by atoms with E-state index in [-0.39, 0.29) is 34.9 Å². The molecule has 3 aliphatic heterocycles. The Morgan fingerprint density at radius 2 is 1.92 bits per heavy atom. The molecular weight excluding hydrogens is 496 g/mol. The molecule has 5 aliphatic rings. The third-order valence-electron chi connectivity index (χ3n) is 10.4. The molecule has 0 amide bonds. The third-order valence-corrected chi connectivity index (χ3v) is 10.4. The van der Waals surface area contributed by atoms with Crippen molar-refractivity contribution in [3.05, 3.63) is 23.8 Å². The number of benzene rings is 1. The number of ether oxygens (including phenoxy) is 5. The molecule has 2 aliphatic carbocycles. The summed E-state index contributed by atoms with van der Waals surface area (Å²) in [5.74, 6) is 2.21. The minimum atomic E-state index is -0.0826. The lowest BCUT2D eigenvalue weighted by Crippen LogP contribution is -2.51. The van der Waals surface area contributed by atoms with Crippen LogP contribution in [0.25, 0.3) is 0 Å². The van der Waals surface area contributed by atoms with Crippen molar-refractivity contribution in [1.82, 2.24) is 9.80 Å². The molecule has 8 heteroatoms. The van der Waals surface area contributed by atoms with E-state index in [1.807, 2.05) is 6.07 Å². The third kappa shape index (κ3) is 5.54. The minimum absolute atomic E-state index is 0.00324. The molecule has 1 aromatic carbocycles. The van der Waals surface area contributed by atoms with Crippen molar-refractivity contribution in [2.45, 2.75) is 63.7 Å². The van der Waals surface area contributed by atoms with Gasteiger partial charge in [-0.05, 0) is 80.6 Å². The summed E-state index contributed by atoms with van der Waals surface area (Å²) in [5.41, 5.74) is 1.46. The zero-order valence-corrected chi connectivity index (χ0v) is 24.0. The van der Waals surface area contributed by atoms with Gasteiger partial charge in [0.05, 0.1) is 45.6 Å². The van der Waals surface area contributed by atoms with Crippen molar-refractivity contribution in [2.75, 3.05) is 66.8 Å². The molecule has 3 heterocycles. The van der Waals surface area contributed by atoms with Crippen LogP contribution in [0.4, 0.5) is 0 Å². The number of epoxide rings is 1. The average molecular weight is 543 g/mol. The largest absolute Gasteiger partial charge is 0.493 e. The Morgan fingerprint density at radius 1 is 1.13 bits per heavy atom. The number of esters is 1. The predicted octanol–water partition coefficient (Wildman–Crippen LogP) is 3.76. The van der Waals surface area contributed by atoms with Gasteiger partial charge in [-0.1, -0.05) is 13.0 Å².